The van der Waals surface area contributed by atoms with E-state index < -0.39 is 5.82 Å². The molecule has 1 heterocycles. The van der Waals surface area contributed by atoms with E-state index in [-0.39, 0.29) is 5.52 Å². The Morgan fingerprint density at radius 3 is 2.75 bits per heavy atom. The number of anilines is 2. The molecule has 3 rings (SSSR count). The van der Waals surface area contributed by atoms with Crippen molar-refractivity contribution in [1.82, 2.24) is 9.97 Å². The Bertz CT molecular complexity index is 792. The van der Waals surface area contributed by atoms with Crippen molar-refractivity contribution in [1.29, 1.82) is 0 Å². The van der Waals surface area contributed by atoms with Crippen molar-refractivity contribution in [3.05, 3.63) is 58.6 Å². The summed E-state index contributed by atoms with van der Waals surface area (Å²) in [5, 5.41) is 4.66. The lowest BCUT2D eigenvalue weighted by Crippen LogP contribution is -1.97. The van der Waals surface area contributed by atoms with Gasteiger partial charge >= 0.3 is 0 Å². The van der Waals surface area contributed by atoms with Gasteiger partial charge in [-0.25, -0.2) is 14.4 Å². The van der Waals surface area contributed by atoms with Gasteiger partial charge in [-0.15, -0.1) is 0 Å². The molecule has 0 atom stereocenters. The molecule has 0 unspecified atom stereocenters. The number of nitrogens with zero attached hydrogens (tertiary/aromatic N) is 2. The SMILES string of the molecule is Fc1cccc2c(Nc3cc(Cl)ccc3Cl)ncnc12. The van der Waals surface area contributed by atoms with E-state index in [0.717, 1.165) is 0 Å². The van der Waals surface area contributed by atoms with E-state index in [1.807, 2.05) is 0 Å². The van der Waals surface area contributed by atoms with Crippen molar-refractivity contribution in [2.75, 3.05) is 5.32 Å². The van der Waals surface area contributed by atoms with Gasteiger partial charge in [-0.3, -0.25) is 0 Å². The Morgan fingerprint density at radius 2 is 1.90 bits per heavy atom. The van der Waals surface area contributed by atoms with Crippen LogP contribution < -0.4 is 5.32 Å². The number of halogens is 3. The van der Waals surface area contributed by atoms with Crippen LogP contribution in [0.1, 0.15) is 0 Å². The molecule has 0 bridgehead atoms. The molecule has 20 heavy (non-hydrogen) atoms. The molecule has 0 saturated heterocycles. The van der Waals surface area contributed by atoms with E-state index in [1.54, 1.807) is 30.3 Å². The van der Waals surface area contributed by atoms with Crippen molar-refractivity contribution in [3.63, 3.8) is 0 Å². The molecule has 0 spiro atoms. The zero-order chi connectivity index (χ0) is 14.1. The first-order valence-corrected chi connectivity index (χ1v) is 6.52. The summed E-state index contributed by atoms with van der Waals surface area (Å²) in [5.41, 5.74) is 0.853. The van der Waals surface area contributed by atoms with Gasteiger partial charge in [0.2, 0.25) is 0 Å². The summed E-state index contributed by atoms with van der Waals surface area (Å²) in [5.74, 6) is 0.0730. The highest BCUT2D eigenvalue weighted by Crippen LogP contribution is 2.30. The van der Waals surface area contributed by atoms with Gasteiger partial charge < -0.3 is 5.32 Å². The molecule has 3 nitrogen and oxygen atoms in total. The smallest absolute Gasteiger partial charge is 0.149 e. The van der Waals surface area contributed by atoms with Crippen LogP contribution in [-0.2, 0) is 0 Å². The highest BCUT2D eigenvalue weighted by molar-refractivity contribution is 6.35. The number of aromatic nitrogens is 2. The molecule has 3 aromatic rings. The van der Waals surface area contributed by atoms with Gasteiger partial charge in [0.05, 0.1) is 10.7 Å². The number of rotatable bonds is 2. The molecule has 0 aliphatic heterocycles. The molecule has 1 N–H and O–H groups in total. The predicted octanol–water partition coefficient (Wildman–Crippen LogP) is 4.82. The summed E-state index contributed by atoms with van der Waals surface area (Å²) in [6.45, 7) is 0. The van der Waals surface area contributed by atoms with Crippen molar-refractivity contribution >= 4 is 45.6 Å². The van der Waals surface area contributed by atoms with Crippen LogP contribution in [0.2, 0.25) is 10.0 Å². The summed E-state index contributed by atoms with van der Waals surface area (Å²) < 4.78 is 13.7. The van der Waals surface area contributed by atoms with Crippen LogP contribution in [-0.4, -0.2) is 9.97 Å². The molecule has 0 aliphatic rings. The zero-order valence-electron chi connectivity index (χ0n) is 10.1. The first-order chi connectivity index (χ1) is 9.65. The van der Waals surface area contributed by atoms with Gasteiger partial charge in [0.15, 0.2) is 0 Å². The second-order valence-corrected chi connectivity index (χ2v) is 4.95. The molecule has 0 fully saturated rings. The van der Waals surface area contributed by atoms with Crippen LogP contribution in [0.15, 0.2) is 42.7 Å². The van der Waals surface area contributed by atoms with Gasteiger partial charge in [0.1, 0.15) is 23.5 Å². The summed E-state index contributed by atoms with van der Waals surface area (Å²) in [6.07, 6.45) is 1.30. The maximum atomic E-state index is 13.7. The molecule has 2 aromatic carbocycles. The molecule has 1 aromatic heterocycles. The highest BCUT2D eigenvalue weighted by Gasteiger charge is 2.09. The molecular formula is C14H8Cl2FN3. The van der Waals surface area contributed by atoms with Gasteiger partial charge in [-0.05, 0) is 30.3 Å². The number of nitrogens with one attached hydrogen (secondary N) is 1. The summed E-state index contributed by atoms with van der Waals surface area (Å²) >= 11 is 12.0. The van der Waals surface area contributed by atoms with Gasteiger partial charge in [0, 0.05) is 10.4 Å². The van der Waals surface area contributed by atoms with Crippen molar-refractivity contribution in [2.45, 2.75) is 0 Å². The van der Waals surface area contributed by atoms with Crippen LogP contribution in [0.3, 0.4) is 0 Å². The Balaban J connectivity index is 2.11. The Morgan fingerprint density at radius 1 is 1.05 bits per heavy atom. The summed E-state index contributed by atoms with van der Waals surface area (Å²) in [4.78, 5) is 8.06. The first-order valence-electron chi connectivity index (χ1n) is 5.76. The monoisotopic (exact) mass is 307 g/mol. The molecule has 6 heteroatoms. The van der Waals surface area contributed by atoms with E-state index in [0.29, 0.717) is 26.9 Å². The number of benzene rings is 2. The third-order valence-corrected chi connectivity index (χ3v) is 3.36. The lowest BCUT2D eigenvalue weighted by atomic mass is 10.2. The molecular weight excluding hydrogens is 300 g/mol. The van der Waals surface area contributed by atoms with Crippen molar-refractivity contribution in [2.24, 2.45) is 0 Å². The fourth-order valence-electron chi connectivity index (χ4n) is 1.87. The molecule has 0 amide bonds. The minimum absolute atomic E-state index is 0.253. The number of hydrogen-bond donors (Lipinski definition) is 1. The van der Waals surface area contributed by atoms with E-state index in [2.05, 4.69) is 15.3 Å². The quantitative estimate of drug-likeness (QED) is 0.737. The largest absolute Gasteiger partial charge is 0.338 e. The van der Waals surface area contributed by atoms with E-state index >= 15 is 0 Å². The zero-order valence-corrected chi connectivity index (χ0v) is 11.6. The minimum atomic E-state index is -0.398. The summed E-state index contributed by atoms with van der Waals surface area (Å²) in [6, 6.07) is 9.73. The number of hydrogen-bond acceptors (Lipinski definition) is 3. The molecule has 100 valence electrons. The van der Waals surface area contributed by atoms with Crippen LogP contribution >= 0.6 is 23.2 Å². The van der Waals surface area contributed by atoms with E-state index in [1.165, 1.54) is 12.4 Å². The fourth-order valence-corrected chi connectivity index (χ4v) is 2.21. The average molecular weight is 308 g/mol. The lowest BCUT2D eigenvalue weighted by molar-refractivity contribution is 0.636. The second kappa shape index (κ2) is 5.23. The average Bonchev–Trinajstić information content (AvgIpc) is 2.44. The normalized spacial score (nSPS) is 10.8. The standard InChI is InChI=1S/C14H8Cl2FN3/c15-8-4-5-10(16)12(6-8)20-14-9-2-1-3-11(17)13(9)18-7-19-14/h1-7H,(H,18,19,20). The molecule has 0 radical (unpaired) electrons. The Kier molecular flexibility index (Phi) is 3.42. The maximum Gasteiger partial charge on any atom is 0.149 e. The van der Waals surface area contributed by atoms with Crippen molar-refractivity contribution < 1.29 is 4.39 Å². The van der Waals surface area contributed by atoms with Gasteiger partial charge in [-0.2, -0.15) is 0 Å². The maximum absolute atomic E-state index is 13.7. The van der Waals surface area contributed by atoms with Crippen molar-refractivity contribution in [3.8, 4) is 0 Å². The number of para-hydroxylation sites is 1. The predicted molar refractivity (Wildman–Crippen MR) is 79.2 cm³/mol. The molecule has 0 saturated carbocycles. The van der Waals surface area contributed by atoms with E-state index in [9.17, 15) is 4.39 Å². The van der Waals surface area contributed by atoms with Gasteiger partial charge in [-0.1, -0.05) is 29.3 Å². The third-order valence-electron chi connectivity index (χ3n) is 2.80. The minimum Gasteiger partial charge on any atom is -0.338 e. The Hall–Kier alpha value is -1.91. The summed E-state index contributed by atoms with van der Waals surface area (Å²) in [7, 11) is 0. The van der Waals surface area contributed by atoms with Crippen LogP contribution in [0.4, 0.5) is 15.9 Å². The number of fused-ring (bicyclic) bond motifs is 1. The Labute approximate surface area is 124 Å². The topological polar surface area (TPSA) is 37.8 Å². The van der Waals surface area contributed by atoms with Crippen LogP contribution in [0.25, 0.3) is 10.9 Å². The van der Waals surface area contributed by atoms with E-state index in [4.69, 9.17) is 23.2 Å². The second-order valence-electron chi connectivity index (χ2n) is 4.11. The fraction of sp³-hybridized carbons (Fsp3) is 0. The first kappa shape index (κ1) is 13.1. The van der Waals surface area contributed by atoms with Crippen LogP contribution in [0, 0.1) is 5.82 Å². The van der Waals surface area contributed by atoms with Crippen LogP contribution in [0.5, 0.6) is 0 Å². The third kappa shape index (κ3) is 2.40. The van der Waals surface area contributed by atoms with Gasteiger partial charge in [0.25, 0.3) is 0 Å². The lowest BCUT2D eigenvalue weighted by Gasteiger charge is -2.10. The highest BCUT2D eigenvalue weighted by atomic mass is 35.5. The molecule has 0 aliphatic carbocycles.